The molecule has 2 amide bonds. The van der Waals surface area contributed by atoms with Crippen molar-refractivity contribution in [2.45, 2.75) is 37.8 Å². The number of hydrogen-bond donors (Lipinski definition) is 1. The highest BCUT2D eigenvalue weighted by Crippen LogP contribution is 2.38. The Morgan fingerprint density at radius 1 is 1.20 bits per heavy atom. The molecule has 1 N–H and O–H groups in total. The number of hydrogen-bond acceptors (Lipinski definition) is 6. The molecule has 1 atom stereocenters. The van der Waals surface area contributed by atoms with Crippen LogP contribution in [0.3, 0.4) is 0 Å². The van der Waals surface area contributed by atoms with Crippen molar-refractivity contribution in [3.8, 4) is 0 Å². The number of ether oxygens (including phenoxy) is 1. The SMILES string of the molecule is COCCn1nnnc1C1(N2CCCC2)CCN(C(=O)NCCc2ccccc2)C1. The maximum atomic E-state index is 12.9. The summed E-state index contributed by atoms with van der Waals surface area (Å²) >= 11 is 0. The molecule has 0 bridgehead atoms. The number of rotatable bonds is 8. The van der Waals surface area contributed by atoms with Crippen LogP contribution < -0.4 is 5.32 Å². The molecule has 2 saturated heterocycles. The number of tetrazole rings is 1. The van der Waals surface area contributed by atoms with Gasteiger partial charge < -0.3 is 15.0 Å². The summed E-state index contributed by atoms with van der Waals surface area (Å²) in [6.45, 7) is 5.13. The molecular weight excluding hydrogens is 382 g/mol. The maximum absolute atomic E-state index is 12.9. The minimum absolute atomic E-state index is 0.0112. The zero-order chi connectivity index (χ0) is 20.8. The summed E-state index contributed by atoms with van der Waals surface area (Å²) in [4.78, 5) is 17.3. The number of amides is 2. The molecule has 0 spiro atoms. The fraction of sp³-hybridized carbons (Fsp3) is 0.619. The van der Waals surface area contributed by atoms with Gasteiger partial charge in [-0.1, -0.05) is 30.3 Å². The summed E-state index contributed by atoms with van der Waals surface area (Å²) in [5, 5.41) is 15.6. The van der Waals surface area contributed by atoms with Crippen LogP contribution >= 0.6 is 0 Å². The fourth-order valence-corrected chi connectivity index (χ4v) is 4.63. The van der Waals surface area contributed by atoms with Gasteiger partial charge in [0, 0.05) is 26.7 Å². The Bertz CT molecular complexity index is 822. The number of carbonyl (C=O) groups excluding carboxylic acids is 1. The van der Waals surface area contributed by atoms with Gasteiger partial charge in [-0.05, 0) is 54.8 Å². The lowest BCUT2D eigenvalue weighted by molar-refractivity contribution is 0.103. The lowest BCUT2D eigenvalue weighted by atomic mass is 9.95. The van der Waals surface area contributed by atoms with E-state index in [0.717, 1.165) is 31.8 Å². The lowest BCUT2D eigenvalue weighted by Gasteiger charge is -2.37. The number of benzene rings is 1. The third-order valence-corrected chi connectivity index (χ3v) is 6.23. The normalized spacial score (nSPS) is 22.0. The van der Waals surface area contributed by atoms with E-state index in [1.807, 2.05) is 27.8 Å². The molecule has 1 unspecified atom stereocenters. The molecular formula is C21H31N7O2. The van der Waals surface area contributed by atoms with Gasteiger partial charge in [0.25, 0.3) is 0 Å². The summed E-state index contributed by atoms with van der Waals surface area (Å²) in [7, 11) is 1.68. The molecule has 2 aliphatic rings. The average molecular weight is 414 g/mol. The number of urea groups is 1. The predicted octanol–water partition coefficient (Wildman–Crippen LogP) is 1.27. The molecule has 4 rings (SSSR count). The van der Waals surface area contributed by atoms with E-state index in [0.29, 0.717) is 32.8 Å². The second-order valence-corrected chi connectivity index (χ2v) is 8.08. The van der Waals surface area contributed by atoms with Crippen LogP contribution in [0, 0.1) is 0 Å². The van der Waals surface area contributed by atoms with Crippen LogP contribution in [0.5, 0.6) is 0 Å². The first-order valence-corrected chi connectivity index (χ1v) is 10.8. The Labute approximate surface area is 177 Å². The van der Waals surface area contributed by atoms with Gasteiger partial charge >= 0.3 is 6.03 Å². The van der Waals surface area contributed by atoms with E-state index in [1.54, 1.807) is 7.11 Å². The molecule has 1 aromatic heterocycles. The van der Waals surface area contributed by atoms with E-state index in [1.165, 1.54) is 18.4 Å². The molecule has 2 aliphatic heterocycles. The van der Waals surface area contributed by atoms with Crippen LogP contribution in [0.1, 0.15) is 30.7 Å². The van der Waals surface area contributed by atoms with Crippen molar-refractivity contribution in [1.82, 2.24) is 35.3 Å². The van der Waals surface area contributed by atoms with Crippen molar-refractivity contribution in [3.05, 3.63) is 41.7 Å². The molecule has 2 fully saturated rings. The topological polar surface area (TPSA) is 88.4 Å². The first-order valence-electron chi connectivity index (χ1n) is 10.8. The van der Waals surface area contributed by atoms with Gasteiger partial charge in [0.2, 0.25) is 0 Å². The van der Waals surface area contributed by atoms with E-state index in [2.05, 4.69) is 37.9 Å². The zero-order valence-electron chi connectivity index (χ0n) is 17.7. The highest BCUT2D eigenvalue weighted by molar-refractivity contribution is 5.74. The van der Waals surface area contributed by atoms with Gasteiger partial charge in [0.15, 0.2) is 5.82 Å². The Morgan fingerprint density at radius 2 is 2.00 bits per heavy atom. The number of nitrogens with zero attached hydrogens (tertiary/aromatic N) is 6. The van der Waals surface area contributed by atoms with E-state index < -0.39 is 0 Å². The smallest absolute Gasteiger partial charge is 0.317 e. The fourth-order valence-electron chi connectivity index (χ4n) is 4.63. The summed E-state index contributed by atoms with van der Waals surface area (Å²) < 4.78 is 7.07. The van der Waals surface area contributed by atoms with Gasteiger partial charge in [-0.25, -0.2) is 9.48 Å². The summed E-state index contributed by atoms with van der Waals surface area (Å²) in [5.41, 5.74) is 0.896. The number of carbonyl (C=O) groups is 1. The predicted molar refractivity (Wildman–Crippen MR) is 112 cm³/mol. The van der Waals surface area contributed by atoms with Gasteiger partial charge in [0.1, 0.15) is 5.54 Å². The molecule has 30 heavy (non-hydrogen) atoms. The summed E-state index contributed by atoms with van der Waals surface area (Å²) in [5.74, 6) is 0.848. The van der Waals surface area contributed by atoms with Crippen molar-refractivity contribution in [1.29, 1.82) is 0 Å². The third kappa shape index (κ3) is 4.32. The highest BCUT2D eigenvalue weighted by Gasteiger charge is 2.50. The molecule has 0 saturated carbocycles. The maximum Gasteiger partial charge on any atom is 0.317 e. The second kappa shape index (κ2) is 9.53. The lowest BCUT2D eigenvalue weighted by Crippen LogP contribution is -2.50. The third-order valence-electron chi connectivity index (χ3n) is 6.23. The van der Waals surface area contributed by atoms with Crippen LogP contribution in [0.25, 0.3) is 0 Å². The van der Waals surface area contributed by atoms with Crippen LogP contribution in [0.4, 0.5) is 4.79 Å². The van der Waals surface area contributed by atoms with Crippen molar-refractivity contribution in [3.63, 3.8) is 0 Å². The Kier molecular flexibility index (Phi) is 6.59. The molecule has 0 aliphatic carbocycles. The minimum Gasteiger partial charge on any atom is -0.383 e. The van der Waals surface area contributed by atoms with E-state index in [4.69, 9.17) is 4.74 Å². The highest BCUT2D eigenvalue weighted by atomic mass is 16.5. The first kappa shape index (κ1) is 20.7. The van der Waals surface area contributed by atoms with Crippen LogP contribution in [-0.4, -0.2) is 82.5 Å². The number of aromatic nitrogens is 4. The first-order chi connectivity index (χ1) is 14.7. The van der Waals surface area contributed by atoms with Gasteiger partial charge in [0.05, 0.1) is 13.2 Å². The monoisotopic (exact) mass is 413 g/mol. The van der Waals surface area contributed by atoms with Crippen molar-refractivity contribution in [2.24, 2.45) is 0 Å². The Morgan fingerprint density at radius 3 is 2.77 bits per heavy atom. The van der Waals surface area contributed by atoms with Crippen LogP contribution in [-0.2, 0) is 23.2 Å². The quantitative estimate of drug-likeness (QED) is 0.701. The second-order valence-electron chi connectivity index (χ2n) is 8.08. The molecule has 9 nitrogen and oxygen atoms in total. The summed E-state index contributed by atoms with van der Waals surface area (Å²) in [6.07, 6.45) is 4.01. The molecule has 0 radical (unpaired) electrons. The van der Waals surface area contributed by atoms with E-state index in [-0.39, 0.29) is 11.6 Å². The van der Waals surface area contributed by atoms with Crippen LogP contribution in [0.2, 0.25) is 0 Å². The molecule has 2 aromatic rings. The molecule has 9 heteroatoms. The van der Waals surface area contributed by atoms with E-state index in [9.17, 15) is 4.79 Å². The van der Waals surface area contributed by atoms with Crippen LogP contribution in [0.15, 0.2) is 30.3 Å². The van der Waals surface area contributed by atoms with Gasteiger partial charge in [-0.2, -0.15) is 0 Å². The van der Waals surface area contributed by atoms with E-state index >= 15 is 0 Å². The van der Waals surface area contributed by atoms with Crippen molar-refractivity contribution >= 4 is 6.03 Å². The standard InChI is InChI=1S/C21H31N7O2/c1-30-16-15-28-19(23-24-25-28)21(27-12-5-6-13-27)10-14-26(17-21)20(29)22-11-9-18-7-3-2-4-8-18/h2-4,7-8H,5-6,9-17H2,1H3,(H,22,29). The largest absolute Gasteiger partial charge is 0.383 e. The van der Waals surface area contributed by atoms with Crippen molar-refractivity contribution < 1.29 is 9.53 Å². The molecule has 3 heterocycles. The zero-order valence-corrected chi connectivity index (χ0v) is 17.7. The Balaban J connectivity index is 1.44. The number of nitrogens with one attached hydrogen (secondary N) is 1. The minimum atomic E-state index is -0.329. The number of likely N-dealkylation sites (tertiary alicyclic amines) is 2. The van der Waals surface area contributed by atoms with Gasteiger partial charge in [-0.15, -0.1) is 5.10 Å². The van der Waals surface area contributed by atoms with Crippen molar-refractivity contribution in [2.75, 3.05) is 46.4 Å². The molecule has 162 valence electrons. The molecule has 1 aromatic carbocycles. The average Bonchev–Trinajstić information content (AvgIpc) is 3.53. The van der Waals surface area contributed by atoms with Gasteiger partial charge in [-0.3, -0.25) is 4.90 Å². The summed E-state index contributed by atoms with van der Waals surface area (Å²) in [6, 6.07) is 10.2. The number of methoxy groups -OCH3 is 1. The Hall–Kier alpha value is -2.52.